The second-order valence-electron chi connectivity index (χ2n) is 11.8. The molecule has 2 aromatic carbocycles. The smallest absolute Gasteiger partial charge is 0.240 e. The van der Waals surface area contributed by atoms with Crippen LogP contribution in [0.15, 0.2) is 35.2 Å². The normalized spacial score (nSPS) is 22.0. The second kappa shape index (κ2) is 11.7. The van der Waals surface area contributed by atoms with Crippen LogP contribution >= 0.6 is 0 Å². The number of nitriles is 1. The molecule has 42 heavy (non-hydrogen) atoms. The fourth-order valence-electron chi connectivity index (χ4n) is 5.82. The van der Waals surface area contributed by atoms with Crippen molar-refractivity contribution in [3.63, 3.8) is 0 Å². The Labute approximate surface area is 243 Å². The summed E-state index contributed by atoms with van der Waals surface area (Å²) in [7, 11) is -3.83. The SMILES string of the molecule is CC(C)(C)OC(O)N1[C@@H]2CC[C@@H](C2)[C@H]1C(=O)N[C@@H](Cc1ccc(-c2ccc(C#N)c(S(C)(=O)=O)c2)c(F)c1F)C(N)=O. The zero-order valence-electron chi connectivity index (χ0n) is 23.7. The van der Waals surface area contributed by atoms with Gasteiger partial charge in [0.05, 0.1) is 22.1 Å². The first-order valence-electron chi connectivity index (χ1n) is 13.5. The van der Waals surface area contributed by atoms with Crippen LogP contribution in [0, 0.1) is 28.9 Å². The van der Waals surface area contributed by atoms with E-state index in [-0.39, 0.29) is 39.1 Å². The number of aliphatic hydroxyl groups excluding tert-OH is 1. The van der Waals surface area contributed by atoms with E-state index in [1.54, 1.807) is 31.7 Å². The molecule has 2 amide bonds. The van der Waals surface area contributed by atoms with Gasteiger partial charge in [-0.1, -0.05) is 18.2 Å². The van der Waals surface area contributed by atoms with Gasteiger partial charge in [-0.25, -0.2) is 22.1 Å². The van der Waals surface area contributed by atoms with Gasteiger partial charge in [-0.05, 0) is 69.2 Å². The number of ether oxygens (including phenoxy) is 1. The molecule has 1 aliphatic carbocycles. The van der Waals surface area contributed by atoms with Gasteiger partial charge >= 0.3 is 0 Å². The Morgan fingerprint density at radius 2 is 1.90 bits per heavy atom. The number of halogens is 2. The van der Waals surface area contributed by atoms with E-state index in [4.69, 9.17) is 10.5 Å². The Balaban J connectivity index is 1.57. The molecular weight excluding hydrogens is 570 g/mol. The molecule has 2 aromatic rings. The van der Waals surface area contributed by atoms with Crippen LogP contribution in [-0.2, 0) is 30.6 Å². The van der Waals surface area contributed by atoms with Crippen LogP contribution in [0.1, 0.15) is 51.2 Å². The summed E-state index contributed by atoms with van der Waals surface area (Å²) in [5.41, 5.74) is 4.26. The molecule has 5 atom stereocenters. The minimum absolute atomic E-state index is 0.0320. The average molecular weight is 605 g/mol. The molecule has 1 saturated carbocycles. The lowest BCUT2D eigenvalue weighted by molar-refractivity contribution is -0.254. The largest absolute Gasteiger partial charge is 0.368 e. The Hall–Kier alpha value is -3.44. The zero-order valence-corrected chi connectivity index (χ0v) is 24.5. The van der Waals surface area contributed by atoms with Crippen LogP contribution in [0.3, 0.4) is 0 Å². The van der Waals surface area contributed by atoms with Crippen molar-refractivity contribution < 1.29 is 36.6 Å². The van der Waals surface area contributed by atoms with Crippen LogP contribution in [-0.4, -0.2) is 66.6 Å². The van der Waals surface area contributed by atoms with Crippen molar-refractivity contribution in [3.8, 4) is 17.2 Å². The highest BCUT2D eigenvalue weighted by Gasteiger charge is 2.52. The summed E-state index contributed by atoms with van der Waals surface area (Å²) in [6.07, 6.45) is 1.29. The zero-order chi connectivity index (χ0) is 31.1. The molecule has 4 rings (SSSR count). The number of hydrogen-bond donors (Lipinski definition) is 3. The molecule has 13 heteroatoms. The molecule has 2 bridgehead atoms. The van der Waals surface area contributed by atoms with E-state index in [1.807, 2.05) is 0 Å². The standard InChI is InChI=1S/C29H34F2N4O6S/c1-29(2,3)41-28(38)35-19-9-7-17(11-19)25(35)27(37)34-21(26(33)36)12-16-8-10-20(24(31)23(16)30)15-5-6-18(14-32)22(13-15)42(4,39)40/h5-6,8,10,13,17,19,21,25,28,38H,7,9,11-12H2,1-4H3,(H2,33,36)(H,34,37)/t17-,19+,21-,25-,28?/m0/s1. The molecule has 1 heterocycles. The van der Waals surface area contributed by atoms with Crippen molar-refractivity contribution in [1.29, 1.82) is 5.26 Å². The molecule has 10 nitrogen and oxygen atoms in total. The van der Waals surface area contributed by atoms with Gasteiger partial charge in [0.1, 0.15) is 12.1 Å². The Bertz CT molecular complexity index is 1550. The second-order valence-corrected chi connectivity index (χ2v) is 13.8. The van der Waals surface area contributed by atoms with Crippen molar-refractivity contribution in [3.05, 3.63) is 53.1 Å². The lowest BCUT2D eigenvalue weighted by Crippen LogP contribution is -2.59. The molecule has 0 spiro atoms. The summed E-state index contributed by atoms with van der Waals surface area (Å²) >= 11 is 0. The average Bonchev–Trinajstić information content (AvgIpc) is 3.51. The van der Waals surface area contributed by atoms with E-state index in [1.165, 1.54) is 24.3 Å². The molecule has 2 aliphatic rings. The molecule has 1 saturated heterocycles. The molecule has 1 unspecified atom stereocenters. The number of carbonyl (C=O) groups excluding carboxylic acids is 2. The number of piperidine rings is 1. The first-order valence-corrected chi connectivity index (χ1v) is 15.4. The quantitative estimate of drug-likeness (QED) is 0.368. The fraction of sp³-hybridized carbons (Fsp3) is 0.483. The van der Waals surface area contributed by atoms with Gasteiger partial charge in [-0.2, -0.15) is 5.26 Å². The van der Waals surface area contributed by atoms with E-state index in [0.29, 0.717) is 6.42 Å². The third-order valence-corrected chi connectivity index (χ3v) is 8.81. The summed E-state index contributed by atoms with van der Waals surface area (Å²) in [6, 6.07) is 5.54. The van der Waals surface area contributed by atoms with Crippen LogP contribution in [0.2, 0.25) is 0 Å². The molecule has 4 N–H and O–H groups in total. The molecule has 2 fully saturated rings. The maximum absolute atomic E-state index is 15.3. The number of aliphatic hydroxyl groups is 1. The number of carbonyl (C=O) groups is 2. The highest BCUT2D eigenvalue weighted by atomic mass is 32.2. The van der Waals surface area contributed by atoms with Crippen molar-refractivity contribution in [2.75, 3.05) is 6.26 Å². The van der Waals surface area contributed by atoms with Crippen molar-refractivity contribution in [2.24, 2.45) is 11.7 Å². The van der Waals surface area contributed by atoms with Gasteiger partial charge in [0.15, 0.2) is 21.5 Å². The number of likely N-dealkylation sites (tertiary alicyclic amines) is 1. The number of hydrogen-bond acceptors (Lipinski definition) is 8. The maximum Gasteiger partial charge on any atom is 0.240 e. The van der Waals surface area contributed by atoms with Gasteiger partial charge in [-0.15, -0.1) is 0 Å². The van der Waals surface area contributed by atoms with Gasteiger partial charge in [0, 0.05) is 24.3 Å². The molecule has 0 radical (unpaired) electrons. The maximum atomic E-state index is 15.3. The Morgan fingerprint density at radius 1 is 1.21 bits per heavy atom. The molecule has 0 aromatic heterocycles. The third kappa shape index (κ3) is 6.47. The Morgan fingerprint density at radius 3 is 2.50 bits per heavy atom. The number of nitrogens with zero attached hydrogens (tertiary/aromatic N) is 2. The van der Waals surface area contributed by atoms with Gasteiger partial charge < -0.3 is 20.9 Å². The number of benzene rings is 2. The topological polar surface area (TPSA) is 163 Å². The van der Waals surface area contributed by atoms with Gasteiger partial charge in [-0.3, -0.25) is 9.59 Å². The summed E-state index contributed by atoms with van der Waals surface area (Å²) in [6.45, 7) is 5.31. The first kappa shape index (κ1) is 31.5. The van der Waals surface area contributed by atoms with Crippen LogP contribution in [0.4, 0.5) is 8.78 Å². The van der Waals surface area contributed by atoms with Crippen molar-refractivity contribution in [2.45, 2.75) is 81.5 Å². The number of nitrogens with two attached hydrogens (primary N) is 1. The predicted molar refractivity (Wildman–Crippen MR) is 148 cm³/mol. The molecular formula is C29H34F2N4O6S. The third-order valence-electron chi connectivity index (χ3n) is 7.68. The van der Waals surface area contributed by atoms with Gasteiger partial charge in [0.25, 0.3) is 0 Å². The highest BCUT2D eigenvalue weighted by Crippen LogP contribution is 2.44. The summed E-state index contributed by atoms with van der Waals surface area (Å²) < 4.78 is 60.4. The predicted octanol–water partition coefficient (Wildman–Crippen LogP) is 2.36. The number of nitrogens with one attached hydrogen (secondary N) is 1. The van der Waals surface area contributed by atoms with E-state index >= 15 is 8.78 Å². The number of rotatable bonds is 9. The molecule has 226 valence electrons. The fourth-order valence-corrected chi connectivity index (χ4v) is 6.68. The van der Waals surface area contributed by atoms with E-state index < -0.39 is 63.8 Å². The van der Waals surface area contributed by atoms with E-state index in [0.717, 1.165) is 25.2 Å². The minimum atomic E-state index is -3.83. The number of primary amides is 1. The van der Waals surface area contributed by atoms with Crippen molar-refractivity contribution >= 4 is 21.7 Å². The monoisotopic (exact) mass is 604 g/mol. The molecule has 1 aliphatic heterocycles. The summed E-state index contributed by atoms with van der Waals surface area (Å²) in [4.78, 5) is 27.0. The lowest BCUT2D eigenvalue weighted by atomic mass is 9.96. The lowest BCUT2D eigenvalue weighted by Gasteiger charge is -2.39. The summed E-state index contributed by atoms with van der Waals surface area (Å²) in [5.74, 6) is -4.22. The van der Waals surface area contributed by atoms with Crippen molar-refractivity contribution in [1.82, 2.24) is 10.2 Å². The van der Waals surface area contributed by atoms with E-state index in [9.17, 15) is 28.4 Å². The van der Waals surface area contributed by atoms with Gasteiger partial charge in [0.2, 0.25) is 18.2 Å². The van der Waals surface area contributed by atoms with Crippen LogP contribution in [0.5, 0.6) is 0 Å². The number of fused-ring (bicyclic) bond motifs is 2. The minimum Gasteiger partial charge on any atom is -0.368 e. The first-order chi connectivity index (χ1) is 19.5. The highest BCUT2D eigenvalue weighted by molar-refractivity contribution is 7.90. The Kier molecular flexibility index (Phi) is 8.76. The number of amides is 2. The van der Waals surface area contributed by atoms with Crippen LogP contribution < -0.4 is 11.1 Å². The van der Waals surface area contributed by atoms with Crippen LogP contribution in [0.25, 0.3) is 11.1 Å². The summed E-state index contributed by atoms with van der Waals surface area (Å²) in [5, 5.41) is 22.6. The van der Waals surface area contributed by atoms with E-state index in [2.05, 4.69) is 5.32 Å². The number of sulfone groups is 1.